The number of nitrogens with zero attached hydrogens (tertiary/aromatic N) is 4. The van der Waals surface area contributed by atoms with Crippen molar-refractivity contribution in [2.45, 2.75) is 13.3 Å². The molecule has 0 saturated heterocycles. The molecule has 7 heteroatoms. The van der Waals surface area contributed by atoms with Crippen molar-refractivity contribution in [2.75, 3.05) is 51.1 Å². The van der Waals surface area contributed by atoms with Crippen LogP contribution in [0.25, 0.3) is 10.2 Å². The molecule has 0 aliphatic carbocycles. The van der Waals surface area contributed by atoms with E-state index >= 15 is 0 Å². The second kappa shape index (κ2) is 10.1. The number of benzene rings is 2. The molecule has 1 amide bonds. The first-order valence-electron chi connectivity index (χ1n) is 9.46. The molecule has 2 aromatic carbocycles. The second-order valence-electron chi connectivity index (χ2n) is 7.52. The number of hydrogen-bond acceptors (Lipinski definition) is 5. The van der Waals surface area contributed by atoms with Gasteiger partial charge in [-0.3, -0.25) is 9.69 Å². The van der Waals surface area contributed by atoms with Gasteiger partial charge in [0.15, 0.2) is 5.13 Å². The molecule has 0 aliphatic rings. The number of halogens is 1. The van der Waals surface area contributed by atoms with Gasteiger partial charge < -0.3 is 9.80 Å². The number of anilines is 2. The third-order valence-electron chi connectivity index (χ3n) is 4.63. The van der Waals surface area contributed by atoms with Gasteiger partial charge in [-0.05, 0) is 75.9 Å². The van der Waals surface area contributed by atoms with E-state index in [2.05, 4.69) is 24.0 Å². The minimum atomic E-state index is -0.000148. The molecule has 0 radical (unpaired) electrons. The zero-order valence-corrected chi connectivity index (χ0v) is 19.3. The summed E-state index contributed by atoms with van der Waals surface area (Å²) < 4.78 is 1.11. The van der Waals surface area contributed by atoms with Crippen molar-refractivity contribution in [3.63, 3.8) is 0 Å². The lowest BCUT2D eigenvalue weighted by atomic mass is 10.1. The summed E-state index contributed by atoms with van der Waals surface area (Å²) in [6.07, 6.45) is 0.892. The zero-order chi connectivity index (χ0) is 20.3. The first-order valence-corrected chi connectivity index (χ1v) is 10.3. The summed E-state index contributed by atoms with van der Waals surface area (Å²) in [6.45, 7) is 3.64. The predicted octanol–water partition coefficient (Wildman–Crippen LogP) is 4.69. The minimum Gasteiger partial charge on any atom is -0.378 e. The van der Waals surface area contributed by atoms with E-state index in [4.69, 9.17) is 4.98 Å². The van der Waals surface area contributed by atoms with Crippen LogP contribution in [0.1, 0.15) is 22.3 Å². The van der Waals surface area contributed by atoms with Crippen molar-refractivity contribution < 1.29 is 4.79 Å². The SMILES string of the molecule is Cc1ccc2nc(N(CCCN(C)C)C(=O)c3ccc(N(C)C)cc3)sc2c1.Cl. The molecule has 156 valence electrons. The Kier molecular flexibility index (Phi) is 8.02. The maximum atomic E-state index is 13.3. The maximum absolute atomic E-state index is 13.3. The summed E-state index contributed by atoms with van der Waals surface area (Å²) in [6, 6.07) is 14.0. The first-order chi connectivity index (χ1) is 13.3. The Labute approximate surface area is 183 Å². The van der Waals surface area contributed by atoms with Gasteiger partial charge in [0.05, 0.1) is 10.2 Å². The molecule has 3 rings (SSSR count). The second-order valence-corrected chi connectivity index (χ2v) is 8.53. The van der Waals surface area contributed by atoms with Gasteiger partial charge in [0, 0.05) is 31.9 Å². The van der Waals surface area contributed by atoms with Crippen LogP contribution >= 0.6 is 23.7 Å². The number of carbonyl (C=O) groups excluding carboxylic acids is 1. The summed E-state index contributed by atoms with van der Waals surface area (Å²) in [5.41, 5.74) is 3.91. The van der Waals surface area contributed by atoms with Crippen molar-refractivity contribution in [1.29, 1.82) is 0 Å². The average Bonchev–Trinajstić information content (AvgIpc) is 3.07. The van der Waals surface area contributed by atoms with Crippen LogP contribution in [0.3, 0.4) is 0 Å². The van der Waals surface area contributed by atoms with Crippen molar-refractivity contribution in [1.82, 2.24) is 9.88 Å². The fraction of sp³-hybridized carbons (Fsp3) is 0.364. The van der Waals surface area contributed by atoms with Gasteiger partial charge in [-0.2, -0.15) is 0 Å². The number of amides is 1. The zero-order valence-electron chi connectivity index (χ0n) is 17.7. The molecule has 0 atom stereocenters. The monoisotopic (exact) mass is 432 g/mol. The highest BCUT2D eigenvalue weighted by Crippen LogP contribution is 2.30. The van der Waals surface area contributed by atoms with Crippen LogP contribution < -0.4 is 9.80 Å². The van der Waals surface area contributed by atoms with E-state index in [1.165, 1.54) is 5.56 Å². The Morgan fingerprint density at radius 3 is 2.31 bits per heavy atom. The Balaban J connectivity index is 0.00000300. The highest BCUT2D eigenvalue weighted by atomic mass is 35.5. The molecular weight excluding hydrogens is 404 g/mol. The van der Waals surface area contributed by atoms with Crippen LogP contribution in [0, 0.1) is 6.92 Å². The fourth-order valence-electron chi connectivity index (χ4n) is 3.02. The van der Waals surface area contributed by atoms with Crippen molar-refractivity contribution in [3.05, 3.63) is 53.6 Å². The minimum absolute atomic E-state index is 0. The number of aryl methyl sites for hydroxylation is 1. The predicted molar refractivity (Wildman–Crippen MR) is 127 cm³/mol. The lowest BCUT2D eigenvalue weighted by Crippen LogP contribution is -2.33. The Morgan fingerprint density at radius 1 is 1.00 bits per heavy atom. The van der Waals surface area contributed by atoms with Gasteiger partial charge in [-0.15, -0.1) is 12.4 Å². The molecule has 0 aliphatic heterocycles. The van der Waals surface area contributed by atoms with Crippen LogP contribution in [0.2, 0.25) is 0 Å². The van der Waals surface area contributed by atoms with E-state index in [0.29, 0.717) is 12.1 Å². The molecule has 0 saturated carbocycles. The van der Waals surface area contributed by atoms with Gasteiger partial charge in [0.2, 0.25) is 0 Å². The molecule has 0 unspecified atom stereocenters. The number of thiazole rings is 1. The highest BCUT2D eigenvalue weighted by Gasteiger charge is 2.21. The van der Waals surface area contributed by atoms with Crippen molar-refractivity contribution >= 4 is 50.7 Å². The van der Waals surface area contributed by atoms with Crippen molar-refractivity contribution in [2.24, 2.45) is 0 Å². The van der Waals surface area contributed by atoms with Gasteiger partial charge >= 0.3 is 0 Å². The number of carbonyl (C=O) groups is 1. The van der Waals surface area contributed by atoms with Gasteiger partial charge in [0.25, 0.3) is 5.91 Å². The molecule has 1 aromatic heterocycles. The fourth-order valence-corrected chi connectivity index (χ4v) is 4.11. The molecular formula is C22H29ClN4OS. The van der Waals surface area contributed by atoms with Crippen LogP contribution in [0.4, 0.5) is 10.8 Å². The lowest BCUT2D eigenvalue weighted by molar-refractivity contribution is 0.0986. The number of rotatable bonds is 7. The smallest absolute Gasteiger partial charge is 0.260 e. The summed E-state index contributed by atoms with van der Waals surface area (Å²) in [4.78, 5) is 24.0. The Morgan fingerprint density at radius 2 is 1.69 bits per heavy atom. The van der Waals surface area contributed by atoms with Gasteiger partial charge in [-0.25, -0.2) is 4.98 Å². The van der Waals surface area contributed by atoms with E-state index in [-0.39, 0.29) is 18.3 Å². The van der Waals surface area contributed by atoms with Crippen molar-refractivity contribution in [3.8, 4) is 0 Å². The Hall–Kier alpha value is -2.15. The van der Waals surface area contributed by atoms with Crippen LogP contribution in [0.15, 0.2) is 42.5 Å². The first kappa shape index (κ1) is 23.1. The largest absolute Gasteiger partial charge is 0.378 e. The maximum Gasteiger partial charge on any atom is 0.260 e. The third-order valence-corrected chi connectivity index (χ3v) is 5.67. The molecule has 5 nitrogen and oxygen atoms in total. The van der Waals surface area contributed by atoms with Crippen LogP contribution in [-0.2, 0) is 0 Å². The van der Waals surface area contributed by atoms with Gasteiger partial charge in [0.1, 0.15) is 0 Å². The topological polar surface area (TPSA) is 39.7 Å². The molecule has 0 bridgehead atoms. The Bertz CT molecular complexity index is 953. The summed E-state index contributed by atoms with van der Waals surface area (Å²) >= 11 is 1.58. The molecule has 0 N–H and O–H groups in total. The number of hydrogen-bond donors (Lipinski definition) is 0. The van der Waals surface area contributed by atoms with Gasteiger partial charge in [-0.1, -0.05) is 17.4 Å². The van der Waals surface area contributed by atoms with Crippen LogP contribution in [0.5, 0.6) is 0 Å². The number of aromatic nitrogens is 1. The summed E-state index contributed by atoms with van der Waals surface area (Å²) in [7, 11) is 8.08. The highest BCUT2D eigenvalue weighted by molar-refractivity contribution is 7.22. The molecule has 0 spiro atoms. The van der Waals surface area contributed by atoms with E-state index in [9.17, 15) is 4.79 Å². The third kappa shape index (κ3) is 5.69. The van der Waals surface area contributed by atoms with E-state index < -0.39 is 0 Å². The summed E-state index contributed by atoms with van der Waals surface area (Å²) in [5, 5.41) is 0.765. The van der Waals surface area contributed by atoms with E-state index in [1.54, 1.807) is 11.3 Å². The molecule has 29 heavy (non-hydrogen) atoms. The standard InChI is InChI=1S/C22H28N4OS.ClH/c1-16-7-12-19-20(15-16)28-22(23-19)26(14-6-13-24(2)3)21(27)17-8-10-18(11-9-17)25(4)5;/h7-12,15H,6,13-14H2,1-5H3;1H. The summed E-state index contributed by atoms with van der Waals surface area (Å²) in [5.74, 6) is -0.000148. The molecule has 3 aromatic rings. The number of fused-ring (bicyclic) bond motifs is 1. The van der Waals surface area contributed by atoms with Crippen LogP contribution in [-0.4, -0.2) is 57.1 Å². The van der Waals surface area contributed by atoms with E-state index in [0.717, 1.165) is 34.0 Å². The quantitative estimate of drug-likeness (QED) is 0.543. The lowest BCUT2D eigenvalue weighted by Gasteiger charge is -2.21. The van der Waals surface area contributed by atoms with E-state index in [1.807, 2.05) is 68.3 Å². The molecule has 1 heterocycles. The average molecular weight is 433 g/mol. The molecule has 0 fully saturated rings. The normalized spacial score (nSPS) is 10.8.